The minimum absolute atomic E-state index is 0.190. The van der Waals surface area contributed by atoms with Gasteiger partial charge in [0.15, 0.2) is 5.78 Å². The zero-order valence-corrected chi connectivity index (χ0v) is 19.6. The highest BCUT2D eigenvalue weighted by atomic mass is 16.5. The van der Waals surface area contributed by atoms with Crippen molar-refractivity contribution in [3.05, 3.63) is 89.1 Å². The molecule has 2 aromatic carbocycles. The molecule has 8 nitrogen and oxygen atoms in total. The van der Waals surface area contributed by atoms with E-state index in [1.807, 2.05) is 6.92 Å². The van der Waals surface area contributed by atoms with E-state index in [0.29, 0.717) is 17.7 Å². The predicted octanol–water partition coefficient (Wildman–Crippen LogP) is 3.75. The van der Waals surface area contributed by atoms with E-state index in [1.165, 1.54) is 18.2 Å². The van der Waals surface area contributed by atoms with Gasteiger partial charge in [0.1, 0.15) is 18.1 Å². The van der Waals surface area contributed by atoms with Crippen LogP contribution in [0.15, 0.2) is 66.9 Å². The fourth-order valence-electron chi connectivity index (χ4n) is 3.98. The summed E-state index contributed by atoms with van der Waals surface area (Å²) in [7, 11) is 1.52. The number of ether oxygens (including phenoxy) is 1. The monoisotopic (exact) mass is 471 g/mol. The Morgan fingerprint density at radius 1 is 0.971 bits per heavy atom. The number of imide groups is 1. The molecule has 0 fully saturated rings. The van der Waals surface area contributed by atoms with E-state index in [0.717, 1.165) is 11.3 Å². The minimum atomic E-state index is -0.511. The first kappa shape index (κ1) is 23.8. The summed E-state index contributed by atoms with van der Waals surface area (Å²) in [5, 5.41) is 0. The number of hydrogen-bond acceptors (Lipinski definition) is 6. The lowest BCUT2D eigenvalue weighted by Crippen LogP contribution is -2.44. The van der Waals surface area contributed by atoms with Gasteiger partial charge in [-0.3, -0.25) is 29.0 Å². The largest absolute Gasteiger partial charge is 0.497 e. The van der Waals surface area contributed by atoms with E-state index in [2.05, 4.69) is 4.98 Å². The molecule has 3 aromatic rings. The van der Waals surface area contributed by atoms with E-state index < -0.39 is 24.3 Å². The van der Waals surface area contributed by atoms with Crippen molar-refractivity contribution < 1.29 is 23.9 Å². The van der Waals surface area contributed by atoms with Gasteiger partial charge >= 0.3 is 0 Å². The van der Waals surface area contributed by atoms with Crippen LogP contribution in [-0.4, -0.2) is 53.6 Å². The van der Waals surface area contributed by atoms with Gasteiger partial charge in [-0.05, 0) is 42.8 Å². The molecule has 0 N–H and O–H groups in total. The molecule has 2 heterocycles. The first-order valence-electron chi connectivity index (χ1n) is 11.4. The van der Waals surface area contributed by atoms with Gasteiger partial charge in [0, 0.05) is 18.3 Å². The number of carbonyl (C=O) groups excluding carboxylic acids is 4. The summed E-state index contributed by atoms with van der Waals surface area (Å²) in [6, 6.07) is 16.5. The molecule has 0 saturated heterocycles. The molecule has 1 aromatic heterocycles. The van der Waals surface area contributed by atoms with Crippen LogP contribution in [0.4, 0.5) is 5.82 Å². The number of rotatable bonds is 9. The van der Waals surface area contributed by atoms with Crippen LogP contribution in [0.25, 0.3) is 0 Å². The van der Waals surface area contributed by atoms with Crippen molar-refractivity contribution >= 4 is 29.3 Å². The van der Waals surface area contributed by atoms with E-state index in [1.54, 1.807) is 60.7 Å². The molecule has 35 heavy (non-hydrogen) atoms. The van der Waals surface area contributed by atoms with Crippen LogP contribution in [0, 0.1) is 0 Å². The highest BCUT2D eigenvalue weighted by molar-refractivity contribution is 6.23. The molecule has 0 atom stereocenters. The molecule has 0 unspecified atom stereocenters. The Kier molecular flexibility index (Phi) is 7.01. The smallest absolute Gasteiger partial charge is 0.262 e. The van der Waals surface area contributed by atoms with Gasteiger partial charge in [0.2, 0.25) is 5.91 Å². The fraction of sp³-hybridized carbons (Fsp3) is 0.222. The molecule has 0 aliphatic carbocycles. The first-order valence-corrected chi connectivity index (χ1v) is 11.4. The third kappa shape index (κ3) is 4.68. The Morgan fingerprint density at radius 2 is 1.69 bits per heavy atom. The maximum atomic E-state index is 13.5. The highest BCUT2D eigenvalue weighted by Gasteiger charge is 2.37. The van der Waals surface area contributed by atoms with Gasteiger partial charge in [0.05, 0.1) is 23.8 Å². The first-order chi connectivity index (χ1) is 17.0. The lowest BCUT2D eigenvalue weighted by atomic mass is 10.0. The average Bonchev–Trinajstić information content (AvgIpc) is 3.13. The quantitative estimate of drug-likeness (QED) is 0.348. The Balaban J connectivity index is 1.65. The molecule has 0 saturated carbocycles. The zero-order chi connectivity index (χ0) is 24.9. The van der Waals surface area contributed by atoms with Crippen LogP contribution < -0.4 is 9.64 Å². The SMILES string of the molecule is CCCCN(C(=O)CN1C(=O)c2ccccc2C1=O)c1ncccc1C(=O)c1cccc(OC)c1. The summed E-state index contributed by atoms with van der Waals surface area (Å²) in [6.07, 6.45) is 2.95. The molecule has 1 aliphatic heterocycles. The van der Waals surface area contributed by atoms with Crippen LogP contribution in [0.5, 0.6) is 5.75 Å². The maximum absolute atomic E-state index is 13.5. The van der Waals surface area contributed by atoms with Crippen LogP contribution in [0.1, 0.15) is 56.4 Å². The molecule has 4 rings (SSSR count). The van der Waals surface area contributed by atoms with Gasteiger partial charge in [-0.15, -0.1) is 0 Å². The van der Waals surface area contributed by atoms with E-state index >= 15 is 0 Å². The van der Waals surface area contributed by atoms with Gasteiger partial charge in [-0.2, -0.15) is 0 Å². The number of aromatic nitrogens is 1. The number of benzene rings is 2. The number of pyridine rings is 1. The van der Waals surface area contributed by atoms with Crippen molar-refractivity contribution in [3.8, 4) is 5.75 Å². The summed E-state index contributed by atoms with van der Waals surface area (Å²) < 4.78 is 5.23. The average molecular weight is 472 g/mol. The summed E-state index contributed by atoms with van der Waals surface area (Å²) in [5.41, 5.74) is 1.18. The zero-order valence-electron chi connectivity index (χ0n) is 19.6. The van der Waals surface area contributed by atoms with Crippen LogP contribution in [-0.2, 0) is 4.79 Å². The Bertz CT molecular complexity index is 1270. The standard InChI is InChI=1S/C27H25N3O5/c1-3-4-15-29(23(31)17-30-26(33)20-11-5-6-12-21(20)27(30)34)25-22(13-8-14-28-25)24(32)18-9-7-10-19(16-18)35-2/h5-14,16H,3-4,15,17H2,1-2H3. The summed E-state index contributed by atoms with van der Waals surface area (Å²) in [6.45, 7) is 1.82. The second-order valence-corrected chi connectivity index (χ2v) is 8.08. The fourth-order valence-corrected chi connectivity index (χ4v) is 3.98. The predicted molar refractivity (Wildman–Crippen MR) is 130 cm³/mol. The third-order valence-corrected chi connectivity index (χ3v) is 5.83. The molecule has 178 valence electrons. The number of amides is 3. The second kappa shape index (κ2) is 10.3. The lowest BCUT2D eigenvalue weighted by molar-refractivity contribution is -0.119. The number of unbranched alkanes of at least 4 members (excludes halogenated alkanes) is 1. The normalized spacial score (nSPS) is 12.5. The molecular formula is C27H25N3O5. The van der Waals surface area contributed by atoms with Gasteiger partial charge in [0.25, 0.3) is 11.8 Å². The number of hydrogen-bond donors (Lipinski definition) is 0. The Labute approximate surface area is 203 Å². The maximum Gasteiger partial charge on any atom is 0.262 e. The molecule has 3 amide bonds. The molecule has 1 aliphatic rings. The second-order valence-electron chi connectivity index (χ2n) is 8.08. The molecule has 0 bridgehead atoms. The number of anilines is 1. The van der Waals surface area contributed by atoms with Crippen LogP contribution >= 0.6 is 0 Å². The van der Waals surface area contributed by atoms with E-state index in [-0.39, 0.29) is 34.8 Å². The molecule has 0 radical (unpaired) electrons. The highest BCUT2D eigenvalue weighted by Crippen LogP contribution is 2.26. The summed E-state index contributed by atoms with van der Waals surface area (Å²) >= 11 is 0. The Hall–Kier alpha value is -4.33. The number of methoxy groups -OCH3 is 1. The number of nitrogens with zero attached hydrogens (tertiary/aromatic N) is 3. The van der Waals surface area contributed by atoms with Crippen LogP contribution in [0.2, 0.25) is 0 Å². The van der Waals surface area contributed by atoms with Crippen molar-refractivity contribution in [3.63, 3.8) is 0 Å². The molecular weight excluding hydrogens is 446 g/mol. The van der Waals surface area contributed by atoms with Gasteiger partial charge < -0.3 is 4.74 Å². The van der Waals surface area contributed by atoms with E-state index in [9.17, 15) is 19.2 Å². The minimum Gasteiger partial charge on any atom is -0.497 e. The van der Waals surface area contributed by atoms with Crippen molar-refractivity contribution in [2.45, 2.75) is 19.8 Å². The van der Waals surface area contributed by atoms with E-state index in [4.69, 9.17) is 4.74 Å². The lowest BCUT2D eigenvalue weighted by Gasteiger charge is -2.25. The van der Waals surface area contributed by atoms with Crippen molar-refractivity contribution in [1.29, 1.82) is 0 Å². The van der Waals surface area contributed by atoms with Crippen LogP contribution in [0.3, 0.4) is 0 Å². The number of fused-ring (bicyclic) bond motifs is 1. The van der Waals surface area contributed by atoms with Gasteiger partial charge in [-0.25, -0.2) is 4.98 Å². The number of carbonyl (C=O) groups is 4. The summed E-state index contributed by atoms with van der Waals surface area (Å²) in [4.78, 5) is 59.1. The molecule has 8 heteroatoms. The van der Waals surface area contributed by atoms with Crippen molar-refractivity contribution in [2.24, 2.45) is 0 Å². The third-order valence-electron chi connectivity index (χ3n) is 5.83. The number of ketones is 1. The molecule has 0 spiro atoms. The summed E-state index contributed by atoms with van der Waals surface area (Å²) in [5.74, 6) is -1.11. The topological polar surface area (TPSA) is 96.9 Å². The van der Waals surface area contributed by atoms with Gasteiger partial charge in [-0.1, -0.05) is 37.6 Å². The Morgan fingerprint density at radius 3 is 2.34 bits per heavy atom. The van der Waals surface area contributed by atoms with Crippen molar-refractivity contribution in [2.75, 3.05) is 25.1 Å². The van der Waals surface area contributed by atoms with Crippen molar-refractivity contribution in [1.82, 2.24) is 9.88 Å².